The van der Waals surface area contributed by atoms with Crippen molar-refractivity contribution in [3.63, 3.8) is 0 Å². The van der Waals surface area contributed by atoms with Crippen molar-refractivity contribution in [2.24, 2.45) is 0 Å². The molecule has 76 valence electrons. The van der Waals surface area contributed by atoms with Gasteiger partial charge in [-0.1, -0.05) is 12.1 Å². The molecule has 0 atom stereocenters. The van der Waals surface area contributed by atoms with Gasteiger partial charge in [-0.05, 0) is 36.2 Å². The number of hydrogen-bond donors (Lipinski definition) is 1. The van der Waals surface area contributed by atoms with Crippen molar-refractivity contribution in [2.45, 2.75) is 6.92 Å². The van der Waals surface area contributed by atoms with Gasteiger partial charge in [0.2, 0.25) is 0 Å². The van der Waals surface area contributed by atoms with Crippen LogP contribution >= 0.6 is 0 Å². The lowest BCUT2D eigenvalue weighted by Gasteiger charge is -2.08. The molecule has 0 amide bonds. The Labute approximate surface area is 87.6 Å². The summed E-state index contributed by atoms with van der Waals surface area (Å²) in [6.45, 7) is 1.73. The molecule has 2 N–H and O–H groups in total. The number of pyridine rings is 1. The number of nitrogens with zero attached hydrogens (tertiary/aromatic N) is 1. The highest BCUT2D eigenvalue weighted by Crippen LogP contribution is 2.27. The third kappa shape index (κ3) is 1.68. The maximum atomic E-state index is 13.3. The molecule has 0 saturated heterocycles. The molecule has 0 unspecified atom stereocenters. The van der Waals surface area contributed by atoms with Crippen LogP contribution in [0.15, 0.2) is 36.5 Å². The maximum Gasteiger partial charge on any atom is 0.131 e. The molecule has 2 rings (SSSR count). The van der Waals surface area contributed by atoms with Gasteiger partial charge < -0.3 is 5.73 Å². The first-order valence-electron chi connectivity index (χ1n) is 4.66. The van der Waals surface area contributed by atoms with E-state index in [0.717, 1.165) is 11.1 Å². The monoisotopic (exact) mass is 202 g/mol. The van der Waals surface area contributed by atoms with Crippen LogP contribution in [0.4, 0.5) is 10.2 Å². The first-order valence-corrected chi connectivity index (χ1v) is 4.66. The molecule has 2 nitrogen and oxygen atoms in total. The first kappa shape index (κ1) is 9.65. The van der Waals surface area contributed by atoms with Crippen molar-refractivity contribution in [1.82, 2.24) is 4.98 Å². The summed E-state index contributed by atoms with van der Waals surface area (Å²) in [7, 11) is 0. The summed E-state index contributed by atoms with van der Waals surface area (Å²) in [5, 5.41) is 0. The number of rotatable bonds is 1. The van der Waals surface area contributed by atoms with E-state index in [9.17, 15) is 4.39 Å². The fourth-order valence-corrected chi connectivity index (χ4v) is 1.54. The Balaban J connectivity index is 2.65. The van der Waals surface area contributed by atoms with E-state index >= 15 is 0 Å². The summed E-state index contributed by atoms with van der Waals surface area (Å²) in [5.41, 5.74) is 7.90. The van der Waals surface area contributed by atoms with E-state index in [-0.39, 0.29) is 5.82 Å². The topological polar surface area (TPSA) is 38.9 Å². The highest BCUT2D eigenvalue weighted by atomic mass is 19.1. The van der Waals surface area contributed by atoms with E-state index in [1.54, 1.807) is 25.3 Å². The van der Waals surface area contributed by atoms with Crippen LogP contribution in [0.25, 0.3) is 11.1 Å². The second kappa shape index (κ2) is 3.69. The zero-order valence-electron chi connectivity index (χ0n) is 8.37. The summed E-state index contributed by atoms with van der Waals surface area (Å²) < 4.78 is 13.3. The molecule has 15 heavy (non-hydrogen) atoms. The molecular weight excluding hydrogens is 191 g/mol. The van der Waals surface area contributed by atoms with Crippen LogP contribution in [0.2, 0.25) is 0 Å². The van der Waals surface area contributed by atoms with E-state index in [0.29, 0.717) is 11.4 Å². The molecule has 1 heterocycles. The van der Waals surface area contributed by atoms with E-state index in [4.69, 9.17) is 5.73 Å². The van der Waals surface area contributed by atoms with Gasteiger partial charge in [-0.15, -0.1) is 0 Å². The number of anilines is 1. The smallest absolute Gasteiger partial charge is 0.131 e. The Morgan fingerprint density at radius 1 is 1.13 bits per heavy atom. The van der Waals surface area contributed by atoms with E-state index < -0.39 is 0 Å². The van der Waals surface area contributed by atoms with Crippen molar-refractivity contribution in [2.75, 3.05) is 5.73 Å². The lowest BCUT2D eigenvalue weighted by atomic mass is 10.0. The quantitative estimate of drug-likeness (QED) is 0.772. The lowest BCUT2D eigenvalue weighted by molar-refractivity contribution is 0.619. The molecule has 1 aromatic heterocycles. The molecular formula is C12H11FN2. The van der Waals surface area contributed by atoms with Crippen LogP contribution in [0.1, 0.15) is 5.56 Å². The Bertz CT molecular complexity index is 495. The van der Waals surface area contributed by atoms with Crippen LogP contribution in [0, 0.1) is 12.7 Å². The third-order valence-corrected chi connectivity index (χ3v) is 2.40. The SMILES string of the molecule is Cc1c(F)cccc1-c1cccnc1N. The predicted octanol–water partition coefficient (Wildman–Crippen LogP) is 2.78. The molecule has 0 aliphatic heterocycles. The van der Waals surface area contributed by atoms with E-state index in [1.807, 2.05) is 12.1 Å². The second-order valence-corrected chi connectivity index (χ2v) is 3.35. The molecule has 0 saturated carbocycles. The molecule has 3 heteroatoms. The maximum absolute atomic E-state index is 13.3. The number of halogens is 1. The number of hydrogen-bond acceptors (Lipinski definition) is 2. The fourth-order valence-electron chi connectivity index (χ4n) is 1.54. The summed E-state index contributed by atoms with van der Waals surface area (Å²) in [6.07, 6.45) is 1.62. The number of nitrogen functional groups attached to an aromatic ring is 1. The van der Waals surface area contributed by atoms with Crippen molar-refractivity contribution < 1.29 is 4.39 Å². The minimum atomic E-state index is -0.226. The largest absolute Gasteiger partial charge is 0.383 e. The summed E-state index contributed by atoms with van der Waals surface area (Å²) in [6, 6.07) is 8.57. The second-order valence-electron chi connectivity index (χ2n) is 3.35. The molecule has 0 spiro atoms. The fraction of sp³-hybridized carbons (Fsp3) is 0.0833. The Morgan fingerprint density at radius 2 is 1.87 bits per heavy atom. The molecule has 0 bridgehead atoms. The van der Waals surface area contributed by atoms with Gasteiger partial charge in [0.15, 0.2) is 0 Å². The van der Waals surface area contributed by atoms with Crippen LogP contribution < -0.4 is 5.73 Å². The van der Waals surface area contributed by atoms with Crippen LogP contribution in [0.5, 0.6) is 0 Å². The highest BCUT2D eigenvalue weighted by Gasteiger charge is 2.08. The van der Waals surface area contributed by atoms with Crippen LogP contribution in [-0.2, 0) is 0 Å². The van der Waals surface area contributed by atoms with Gasteiger partial charge in [0.05, 0.1) is 0 Å². The normalized spacial score (nSPS) is 10.3. The number of benzene rings is 1. The van der Waals surface area contributed by atoms with Crippen molar-refractivity contribution in [3.8, 4) is 11.1 Å². The molecule has 2 aromatic rings. The van der Waals surface area contributed by atoms with Crippen molar-refractivity contribution >= 4 is 5.82 Å². The average molecular weight is 202 g/mol. The van der Waals surface area contributed by atoms with Gasteiger partial charge >= 0.3 is 0 Å². The van der Waals surface area contributed by atoms with Crippen LogP contribution in [0.3, 0.4) is 0 Å². The Kier molecular flexibility index (Phi) is 2.37. The number of nitrogens with two attached hydrogens (primary N) is 1. The molecule has 1 aromatic carbocycles. The molecule has 0 fully saturated rings. The van der Waals surface area contributed by atoms with Gasteiger partial charge in [-0.3, -0.25) is 0 Å². The van der Waals surface area contributed by atoms with Gasteiger partial charge in [0, 0.05) is 11.8 Å². The standard InChI is InChI=1S/C12H11FN2/c1-8-9(4-2-6-11(8)13)10-5-3-7-15-12(10)14/h2-7H,1H3,(H2,14,15). The zero-order valence-corrected chi connectivity index (χ0v) is 8.37. The van der Waals surface area contributed by atoms with Gasteiger partial charge in [-0.2, -0.15) is 0 Å². The Hall–Kier alpha value is -1.90. The molecule has 0 aliphatic carbocycles. The van der Waals surface area contributed by atoms with E-state index in [1.165, 1.54) is 6.07 Å². The van der Waals surface area contributed by atoms with Crippen molar-refractivity contribution in [3.05, 3.63) is 47.9 Å². The summed E-state index contributed by atoms with van der Waals surface area (Å²) >= 11 is 0. The van der Waals surface area contributed by atoms with Gasteiger partial charge in [0.1, 0.15) is 11.6 Å². The number of aromatic nitrogens is 1. The van der Waals surface area contributed by atoms with E-state index in [2.05, 4.69) is 4.98 Å². The molecule has 0 radical (unpaired) electrons. The predicted molar refractivity (Wildman–Crippen MR) is 58.8 cm³/mol. The summed E-state index contributed by atoms with van der Waals surface area (Å²) in [4.78, 5) is 3.98. The lowest BCUT2D eigenvalue weighted by Crippen LogP contribution is -1.95. The summed E-state index contributed by atoms with van der Waals surface area (Å²) in [5.74, 6) is 0.196. The molecule has 0 aliphatic rings. The average Bonchev–Trinajstić information content (AvgIpc) is 2.23. The van der Waals surface area contributed by atoms with Crippen molar-refractivity contribution in [1.29, 1.82) is 0 Å². The Morgan fingerprint density at radius 3 is 2.60 bits per heavy atom. The van der Waals surface area contributed by atoms with Crippen LogP contribution in [-0.4, -0.2) is 4.98 Å². The van der Waals surface area contributed by atoms with Gasteiger partial charge in [0.25, 0.3) is 0 Å². The highest BCUT2D eigenvalue weighted by molar-refractivity contribution is 5.75. The minimum absolute atomic E-state index is 0.226. The minimum Gasteiger partial charge on any atom is -0.383 e. The third-order valence-electron chi connectivity index (χ3n) is 2.40. The zero-order chi connectivity index (χ0) is 10.8. The first-order chi connectivity index (χ1) is 7.20. The van der Waals surface area contributed by atoms with Gasteiger partial charge in [-0.25, -0.2) is 9.37 Å².